The van der Waals surface area contributed by atoms with Crippen LogP contribution in [0, 0.1) is 12.8 Å². The number of nitrogens with one attached hydrogen (secondary N) is 2. The van der Waals surface area contributed by atoms with Crippen molar-refractivity contribution >= 4 is 11.7 Å². The van der Waals surface area contributed by atoms with Gasteiger partial charge < -0.3 is 10.6 Å². The van der Waals surface area contributed by atoms with E-state index in [-0.39, 0.29) is 5.91 Å². The second kappa shape index (κ2) is 6.32. The van der Waals surface area contributed by atoms with Crippen molar-refractivity contribution in [2.24, 2.45) is 13.0 Å². The van der Waals surface area contributed by atoms with E-state index < -0.39 is 0 Å². The third-order valence-electron chi connectivity index (χ3n) is 3.98. The molecule has 0 unspecified atom stereocenters. The number of rotatable bonds is 6. The molecule has 5 heteroatoms. The second-order valence-corrected chi connectivity index (χ2v) is 5.98. The van der Waals surface area contributed by atoms with Gasteiger partial charge in [0.25, 0.3) is 0 Å². The van der Waals surface area contributed by atoms with E-state index in [1.807, 2.05) is 31.3 Å². The van der Waals surface area contributed by atoms with Crippen LogP contribution in [-0.4, -0.2) is 28.8 Å². The van der Waals surface area contributed by atoms with Gasteiger partial charge in [-0.15, -0.1) is 0 Å². The molecule has 1 aromatic carbocycles. The molecule has 0 spiro atoms. The Morgan fingerprint density at radius 3 is 2.86 bits per heavy atom. The summed E-state index contributed by atoms with van der Waals surface area (Å²) in [5, 5.41) is 10.6. The molecule has 1 saturated carbocycles. The quantitative estimate of drug-likeness (QED) is 0.860. The number of hydrogen-bond acceptors (Lipinski definition) is 3. The van der Waals surface area contributed by atoms with Gasteiger partial charge in [0.2, 0.25) is 5.91 Å². The van der Waals surface area contributed by atoms with Crippen molar-refractivity contribution < 1.29 is 4.79 Å². The lowest BCUT2D eigenvalue weighted by atomic mass is 10.1. The molecule has 1 aromatic heterocycles. The van der Waals surface area contributed by atoms with Crippen LogP contribution in [0.15, 0.2) is 30.3 Å². The number of aryl methyl sites for hydroxylation is 2. The molecule has 0 atom stereocenters. The van der Waals surface area contributed by atoms with Gasteiger partial charge in [-0.25, -0.2) is 0 Å². The van der Waals surface area contributed by atoms with Crippen LogP contribution >= 0.6 is 0 Å². The van der Waals surface area contributed by atoms with E-state index in [0.29, 0.717) is 6.54 Å². The number of carbonyl (C=O) groups excluding carboxylic acids is 1. The van der Waals surface area contributed by atoms with Crippen molar-refractivity contribution in [1.29, 1.82) is 0 Å². The summed E-state index contributed by atoms with van der Waals surface area (Å²) in [6.07, 6.45) is 2.58. The number of anilines is 1. The van der Waals surface area contributed by atoms with Crippen LogP contribution in [0.2, 0.25) is 0 Å². The molecule has 116 valence electrons. The predicted octanol–water partition coefficient (Wildman–Crippen LogP) is 2.33. The van der Waals surface area contributed by atoms with E-state index >= 15 is 0 Å². The van der Waals surface area contributed by atoms with Crippen LogP contribution in [0.3, 0.4) is 0 Å². The van der Waals surface area contributed by atoms with Gasteiger partial charge in [-0.3, -0.25) is 9.48 Å². The number of nitrogens with zero attached hydrogens (tertiary/aromatic N) is 2. The normalized spacial score (nSPS) is 14.1. The summed E-state index contributed by atoms with van der Waals surface area (Å²) in [6, 6.07) is 10.0. The standard InChI is InChI=1S/C17H22N4O/c1-12-5-3-4-6-14(12)15-9-16(21(2)20-15)19-17(22)11-18-10-13-7-8-13/h3-6,9,13,18H,7-8,10-11H2,1-2H3,(H,19,22). The van der Waals surface area contributed by atoms with E-state index in [1.165, 1.54) is 18.4 Å². The molecular formula is C17H22N4O. The molecule has 2 aromatic rings. The number of aromatic nitrogens is 2. The molecule has 22 heavy (non-hydrogen) atoms. The van der Waals surface area contributed by atoms with Gasteiger partial charge in [-0.2, -0.15) is 5.10 Å². The first-order valence-corrected chi connectivity index (χ1v) is 7.74. The number of amides is 1. The molecule has 0 radical (unpaired) electrons. The minimum Gasteiger partial charge on any atom is -0.310 e. The molecule has 1 heterocycles. The van der Waals surface area contributed by atoms with Crippen LogP contribution in [0.25, 0.3) is 11.3 Å². The Bertz CT molecular complexity index is 673. The zero-order valence-corrected chi connectivity index (χ0v) is 13.1. The highest BCUT2D eigenvalue weighted by Crippen LogP contribution is 2.27. The summed E-state index contributed by atoms with van der Waals surface area (Å²) < 4.78 is 1.71. The van der Waals surface area contributed by atoms with Gasteiger partial charge in [0.05, 0.1) is 12.2 Å². The summed E-state index contributed by atoms with van der Waals surface area (Å²) in [6.45, 7) is 3.35. The summed E-state index contributed by atoms with van der Waals surface area (Å²) in [7, 11) is 1.84. The highest BCUT2D eigenvalue weighted by Gasteiger charge is 2.20. The van der Waals surface area contributed by atoms with Gasteiger partial charge >= 0.3 is 0 Å². The molecule has 5 nitrogen and oxygen atoms in total. The first-order valence-electron chi connectivity index (χ1n) is 7.74. The highest BCUT2D eigenvalue weighted by molar-refractivity contribution is 5.92. The SMILES string of the molecule is Cc1ccccc1-c1cc(NC(=O)CNCC2CC2)n(C)n1. The molecule has 1 aliphatic carbocycles. The van der Waals surface area contributed by atoms with Crippen molar-refractivity contribution in [3.63, 3.8) is 0 Å². The van der Waals surface area contributed by atoms with Crippen LogP contribution in [-0.2, 0) is 11.8 Å². The van der Waals surface area contributed by atoms with Crippen LogP contribution in [0.1, 0.15) is 18.4 Å². The van der Waals surface area contributed by atoms with E-state index in [1.54, 1.807) is 4.68 Å². The molecular weight excluding hydrogens is 276 g/mol. The number of benzene rings is 1. The van der Waals surface area contributed by atoms with Crippen LogP contribution < -0.4 is 10.6 Å². The number of carbonyl (C=O) groups is 1. The van der Waals surface area contributed by atoms with E-state index in [9.17, 15) is 4.79 Å². The van der Waals surface area contributed by atoms with E-state index in [0.717, 1.165) is 29.5 Å². The molecule has 2 N–H and O–H groups in total. The smallest absolute Gasteiger partial charge is 0.239 e. The highest BCUT2D eigenvalue weighted by atomic mass is 16.2. The average Bonchev–Trinajstić information content (AvgIpc) is 3.24. The lowest BCUT2D eigenvalue weighted by molar-refractivity contribution is -0.115. The monoisotopic (exact) mass is 298 g/mol. The molecule has 3 rings (SSSR count). The Balaban J connectivity index is 1.64. The Kier molecular flexibility index (Phi) is 4.24. The predicted molar refractivity (Wildman–Crippen MR) is 87.6 cm³/mol. The van der Waals surface area contributed by atoms with Crippen molar-refractivity contribution in [3.05, 3.63) is 35.9 Å². The lowest BCUT2D eigenvalue weighted by Gasteiger charge is -2.05. The Morgan fingerprint density at radius 2 is 2.14 bits per heavy atom. The Labute approximate surface area is 130 Å². The zero-order valence-electron chi connectivity index (χ0n) is 13.1. The molecule has 0 bridgehead atoms. The third kappa shape index (κ3) is 3.54. The van der Waals surface area contributed by atoms with Gasteiger partial charge in [0.15, 0.2) is 0 Å². The Hall–Kier alpha value is -2.14. The first-order chi connectivity index (χ1) is 10.6. The topological polar surface area (TPSA) is 59.0 Å². The zero-order chi connectivity index (χ0) is 15.5. The maximum absolute atomic E-state index is 12.0. The van der Waals surface area contributed by atoms with Crippen LogP contribution in [0.5, 0.6) is 0 Å². The molecule has 1 amide bonds. The van der Waals surface area contributed by atoms with Crippen LogP contribution in [0.4, 0.5) is 5.82 Å². The fraction of sp³-hybridized carbons (Fsp3) is 0.412. The minimum absolute atomic E-state index is 0.0278. The van der Waals surface area contributed by atoms with Gasteiger partial charge in [0.1, 0.15) is 5.82 Å². The van der Waals surface area contributed by atoms with Crippen molar-refractivity contribution in [1.82, 2.24) is 15.1 Å². The van der Waals surface area contributed by atoms with Gasteiger partial charge in [0, 0.05) is 18.7 Å². The molecule has 0 aliphatic heterocycles. The maximum atomic E-state index is 12.0. The fourth-order valence-electron chi connectivity index (χ4n) is 2.47. The molecule has 0 saturated heterocycles. The third-order valence-corrected chi connectivity index (χ3v) is 3.98. The largest absolute Gasteiger partial charge is 0.310 e. The van der Waals surface area contributed by atoms with Crippen molar-refractivity contribution in [3.8, 4) is 11.3 Å². The average molecular weight is 298 g/mol. The Morgan fingerprint density at radius 1 is 1.36 bits per heavy atom. The fourth-order valence-corrected chi connectivity index (χ4v) is 2.47. The number of hydrogen-bond donors (Lipinski definition) is 2. The van der Waals surface area contributed by atoms with Gasteiger partial charge in [-0.05, 0) is 37.8 Å². The van der Waals surface area contributed by atoms with Crippen molar-refractivity contribution in [2.45, 2.75) is 19.8 Å². The van der Waals surface area contributed by atoms with Crippen molar-refractivity contribution in [2.75, 3.05) is 18.4 Å². The van der Waals surface area contributed by atoms with E-state index in [4.69, 9.17) is 0 Å². The molecule has 1 fully saturated rings. The lowest BCUT2D eigenvalue weighted by Crippen LogP contribution is -2.30. The first kappa shape index (κ1) is 14.8. The summed E-state index contributed by atoms with van der Waals surface area (Å²) in [4.78, 5) is 12.0. The second-order valence-electron chi connectivity index (χ2n) is 5.98. The minimum atomic E-state index is -0.0278. The van der Waals surface area contributed by atoms with E-state index in [2.05, 4.69) is 28.7 Å². The summed E-state index contributed by atoms with van der Waals surface area (Å²) in [5.41, 5.74) is 3.14. The summed E-state index contributed by atoms with van der Waals surface area (Å²) >= 11 is 0. The summed E-state index contributed by atoms with van der Waals surface area (Å²) in [5.74, 6) is 1.47. The maximum Gasteiger partial charge on any atom is 0.239 e. The molecule has 1 aliphatic rings. The van der Waals surface area contributed by atoms with Gasteiger partial charge in [-0.1, -0.05) is 24.3 Å².